The SMILES string of the molecule is CNC(=O)Cc1ccc(NC(=O)Nc2nc(CC(O)O)cs2)c(C(=O)C2CCCC2)c1. The van der Waals surface area contributed by atoms with Crippen LogP contribution in [-0.2, 0) is 17.6 Å². The Bertz CT molecular complexity index is 953. The van der Waals surface area contributed by atoms with Crippen molar-refractivity contribution in [1.29, 1.82) is 0 Å². The van der Waals surface area contributed by atoms with Crippen molar-refractivity contribution in [3.05, 3.63) is 40.4 Å². The van der Waals surface area contributed by atoms with Crippen LogP contribution in [0.25, 0.3) is 0 Å². The van der Waals surface area contributed by atoms with Crippen LogP contribution in [-0.4, -0.2) is 46.3 Å². The number of ketones is 1. The van der Waals surface area contributed by atoms with Crippen LogP contribution < -0.4 is 16.0 Å². The summed E-state index contributed by atoms with van der Waals surface area (Å²) in [5, 5.41) is 27.8. The Morgan fingerprint density at radius 2 is 1.94 bits per heavy atom. The van der Waals surface area contributed by atoms with E-state index in [2.05, 4.69) is 20.9 Å². The molecule has 0 unspecified atom stereocenters. The van der Waals surface area contributed by atoms with Gasteiger partial charge in [-0.2, -0.15) is 0 Å². The van der Waals surface area contributed by atoms with Gasteiger partial charge >= 0.3 is 6.03 Å². The Morgan fingerprint density at radius 1 is 1.19 bits per heavy atom. The van der Waals surface area contributed by atoms with Gasteiger partial charge in [-0.25, -0.2) is 9.78 Å². The van der Waals surface area contributed by atoms with Gasteiger partial charge in [-0.15, -0.1) is 11.3 Å². The first-order chi connectivity index (χ1) is 14.9. The van der Waals surface area contributed by atoms with E-state index in [1.165, 1.54) is 0 Å². The number of hydrogen-bond acceptors (Lipinski definition) is 7. The molecule has 0 saturated heterocycles. The van der Waals surface area contributed by atoms with Crippen LogP contribution in [0.15, 0.2) is 23.6 Å². The van der Waals surface area contributed by atoms with Crippen LogP contribution in [0, 0.1) is 5.92 Å². The van der Waals surface area contributed by atoms with Crippen molar-refractivity contribution in [2.75, 3.05) is 17.7 Å². The van der Waals surface area contributed by atoms with Gasteiger partial charge in [0.25, 0.3) is 0 Å². The maximum atomic E-state index is 13.1. The highest BCUT2D eigenvalue weighted by molar-refractivity contribution is 7.13. The van der Waals surface area contributed by atoms with Crippen molar-refractivity contribution in [3.8, 4) is 0 Å². The zero-order valence-electron chi connectivity index (χ0n) is 17.2. The van der Waals surface area contributed by atoms with E-state index in [9.17, 15) is 14.4 Å². The molecule has 0 radical (unpaired) electrons. The molecular weight excluding hydrogens is 420 g/mol. The zero-order valence-corrected chi connectivity index (χ0v) is 18.0. The molecule has 1 heterocycles. The fraction of sp³-hybridized carbons (Fsp3) is 0.429. The number of aliphatic hydroxyl groups is 2. The second-order valence-electron chi connectivity index (χ2n) is 7.48. The number of aliphatic hydroxyl groups excluding tert-OH is 1. The zero-order chi connectivity index (χ0) is 22.4. The monoisotopic (exact) mass is 446 g/mol. The summed E-state index contributed by atoms with van der Waals surface area (Å²) in [6.07, 6.45) is 2.25. The van der Waals surface area contributed by atoms with Gasteiger partial charge in [-0.05, 0) is 30.5 Å². The summed E-state index contributed by atoms with van der Waals surface area (Å²) in [6, 6.07) is 4.45. The normalized spacial score (nSPS) is 13.9. The number of urea groups is 1. The fourth-order valence-corrected chi connectivity index (χ4v) is 4.31. The van der Waals surface area contributed by atoms with E-state index >= 15 is 0 Å². The highest BCUT2D eigenvalue weighted by atomic mass is 32.1. The van der Waals surface area contributed by atoms with Gasteiger partial charge in [0.15, 0.2) is 17.2 Å². The van der Waals surface area contributed by atoms with E-state index in [-0.39, 0.29) is 30.4 Å². The Kier molecular flexibility index (Phi) is 7.72. The fourth-order valence-electron chi connectivity index (χ4n) is 3.59. The minimum Gasteiger partial charge on any atom is -0.368 e. The van der Waals surface area contributed by atoms with Crippen molar-refractivity contribution >= 4 is 39.9 Å². The predicted molar refractivity (Wildman–Crippen MR) is 117 cm³/mol. The summed E-state index contributed by atoms with van der Waals surface area (Å²) in [7, 11) is 1.55. The molecule has 0 bridgehead atoms. The van der Waals surface area contributed by atoms with Gasteiger partial charge in [0.05, 0.1) is 17.8 Å². The molecule has 1 aromatic heterocycles. The molecule has 0 aliphatic heterocycles. The van der Waals surface area contributed by atoms with Crippen LogP contribution in [0.4, 0.5) is 15.6 Å². The molecule has 2 aromatic rings. The minimum atomic E-state index is -1.51. The third-order valence-electron chi connectivity index (χ3n) is 5.13. The lowest BCUT2D eigenvalue weighted by Crippen LogP contribution is -2.23. The van der Waals surface area contributed by atoms with Gasteiger partial charge in [-0.1, -0.05) is 18.9 Å². The lowest BCUT2D eigenvalue weighted by Gasteiger charge is -2.15. The third-order valence-corrected chi connectivity index (χ3v) is 5.94. The summed E-state index contributed by atoms with van der Waals surface area (Å²) >= 11 is 1.16. The molecule has 5 N–H and O–H groups in total. The van der Waals surface area contributed by atoms with Crippen molar-refractivity contribution in [3.63, 3.8) is 0 Å². The maximum absolute atomic E-state index is 13.1. The first-order valence-corrected chi connectivity index (χ1v) is 11.0. The number of thiazole rings is 1. The number of benzene rings is 1. The highest BCUT2D eigenvalue weighted by Crippen LogP contribution is 2.31. The number of rotatable bonds is 8. The second-order valence-corrected chi connectivity index (χ2v) is 8.34. The molecule has 166 valence electrons. The molecule has 1 aromatic carbocycles. The molecule has 1 saturated carbocycles. The number of likely N-dealkylation sites (N-methyl/N-ethyl adjacent to an activating group) is 1. The Labute approximate surface area is 183 Å². The van der Waals surface area contributed by atoms with Crippen LogP contribution >= 0.6 is 11.3 Å². The van der Waals surface area contributed by atoms with E-state index < -0.39 is 12.3 Å². The van der Waals surface area contributed by atoms with E-state index in [4.69, 9.17) is 10.2 Å². The number of amides is 3. The number of aromatic nitrogens is 1. The molecule has 9 nitrogen and oxygen atoms in total. The van der Waals surface area contributed by atoms with Crippen LogP contribution in [0.5, 0.6) is 0 Å². The van der Waals surface area contributed by atoms with Gasteiger partial charge < -0.3 is 20.8 Å². The molecule has 0 spiro atoms. The van der Waals surface area contributed by atoms with E-state index in [0.717, 1.165) is 37.0 Å². The van der Waals surface area contributed by atoms with Crippen molar-refractivity contribution in [2.24, 2.45) is 5.92 Å². The van der Waals surface area contributed by atoms with E-state index in [1.807, 2.05) is 0 Å². The summed E-state index contributed by atoms with van der Waals surface area (Å²) < 4.78 is 0. The number of Topliss-reactive ketones (excluding diaryl/α,β-unsaturated/α-hetero) is 1. The van der Waals surface area contributed by atoms with Crippen molar-refractivity contribution < 1.29 is 24.6 Å². The molecule has 1 aliphatic carbocycles. The average Bonchev–Trinajstić information content (AvgIpc) is 3.40. The third kappa shape index (κ3) is 6.33. The van der Waals surface area contributed by atoms with Gasteiger partial charge in [0.1, 0.15) is 0 Å². The minimum absolute atomic E-state index is 0.0278. The number of hydrogen-bond donors (Lipinski definition) is 5. The lowest BCUT2D eigenvalue weighted by atomic mass is 9.93. The topological polar surface area (TPSA) is 141 Å². The molecular formula is C21H26N4O5S. The Morgan fingerprint density at radius 3 is 2.61 bits per heavy atom. The summed E-state index contributed by atoms with van der Waals surface area (Å²) in [5.74, 6) is -0.268. The Hall–Kier alpha value is -2.82. The smallest absolute Gasteiger partial charge is 0.325 e. The summed E-state index contributed by atoms with van der Waals surface area (Å²) in [5.41, 5.74) is 1.91. The Balaban J connectivity index is 1.76. The molecule has 31 heavy (non-hydrogen) atoms. The van der Waals surface area contributed by atoms with Gasteiger partial charge in [-0.3, -0.25) is 14.9 Å². The summed E-state index contributed by atoms with van der Waals surface area (Å²) in [4.78, 5) is 41.4. The van der Waals surface area contributed by atoms with Gasteiger partial charge in [0.2, 0.25) is 5.91 Å². The maximum Gasteiger partial charge on any atom is 0.325 e. The first-order valence-electron chi connectivity index (χ1n) is 10.1. The van der Waals surface area contributed by atoms with Crippen molar-refractivity contribution in [2.45, 2.75) is 44.8 Å². The van der Waals surface area contributed by atoms with Crippen LogP contribution in [0.1, 0.15) is 47.3 Å². The second kappa shape index (κ2) is 10.5. The number of anilines is 2. The average molecular weight is 447 g/mol. The standard InChI is InChI=1S/C21H26N4O5S/c1-22-17(26)9-12-6-7-16(15(8-12)19(29)13-4-2-3-5-13)24-20(30)25-21-23-14(11-31-21)10-18(27)28/h6-8,11,13,18,27-28H,2-5,9-10H2,1H3,(H,22,26)(H2,23,24,25,30). The summed E-state index contributed by atoms with van der Waals surface area (Å²) in [6.45, 7) is 0. The van der Waals surface area contributed by atoms with Crippen molar-refractivity contribution in [1.82, 2.24) is 10.3 Å². The van der Waals surface area contributed by atoms with Gasteiger partial charge in [0, 0.05) is 30.3 Å². The first kappa shape index (κ1) is 22.9. The number of nitrogens with zero attached hydrogens (tertiary/aromatic N) is 1. The number of carbonyl (C=O) groups is 3. The molecule has 10 heteroatoms. The molecule has 1 fully saturated rings. The molecule has 1 aliphatic rings. The van der Waals surface area contributed by atoms with E-state index in [0.29, 0.717) is 27.6 Å². The molecule has 3 amide bonds. The lowest BCUT2D eigenvalue weighted by molar-refractivity contribution is -0.119. The van der Waals surface area contributed by atoms with Crippen LogP contribution in [0.2, 0.25) is 0 Å². The quantitative estimate of drug-likeness (QED) is 0.311. The highest BCUT2D eigenvalue weighted by Gasteiger charge is 2.26. The van der Waals surface area contributed by atoms with Crippen LogP contribution in [0.3, 0.4) is 0 Å². The predicted octanol–water partition coefficient (Wildman–Crippen LogP) is 2.30. The largest absolute Gasteiger partial charge is 0.368 e. The number of nitrogens with one attached hydrogen (secondary N) is 3. The van der Waals surface area contributed by atoms with E-state index in [1.54, 1.807) is 30.6 Å². The molecule has 3 rings (SSSR count). The number of carbonyl (C=O) groups excluding carboxylic acids is 3. The molecule has 0 atom stereocenters.